The van der Waals surface area contributed by atoms with E-state index in [4.69, 9.17) is 0 Å². The van der Waals surface area contributed by atoms with Crippen LogP contribution in [0.3, 0.4) is 0 Å². The summed E-state index contributed by atoms with van der Waals surface area (Å²) in [6.07, 6.45) is 12.7. The van der Waals surface area contributed by atoms with Crippen molar-refractivity contribution in [2.75, 3.05) is 7.05 Å². The SMILES string of the molecule is CCC1CCC(NC(C)CCC(C)C2CCC(N(C)C(C)C)C2)C1. The third kappa shape index (κ3) is 5.73. The van der Waals surface area contributed by atoms with Crippen LogP contribution in [0.5, 0.6) is 0 Å². The molecule has 2 aliphatic rings. The van der Waals surface area contributed by atoms with Crippen LogP contribution >= 0.6 is 0 Å². The lowest BCUT2D eigenvalue weighted by Crippen LogP contribution is -2.36. The summed E-state index contributed by atoms with van der Waals surface area (Å²) in [6, 6.07) is 3.02. The van der Waals surface area contributed by atoms with Gasteiger partial charge in [0.1, 0.15) is 0 Å². The Morgan fingerprint density at radius 2 is 1.71 bits per heavy atom. The first-order valence-corrected chi connectivity index (χ1v) is 10.9. The largest absolute Gasteiger partial charge is 0.311 e. The summed E-state index contributed by atoms with van der Waals surface area (Å²) >= 11 is 0. The van der Waals surface area contributed by atoms with Crippen molar-refractivity contribution in [1.82, 2.24) is 10.2 Å². The molecule has 0 saturated heterocycles. The molecule has 2 fully saturated rings. The minimum absolute atomic E-state index is 0.687. The van der Waals surface area contributed by atoms with E-state index in [-0.39, 0.29) is 0 Å². The van der Waals surface area contributed by atoms with E-state index in [2.05, 4.69) is 51.9 Å². The summed E-state index contributed by atoms with van der Waals surface area (Å²) < 4.78 is 0. The molecular weight excluding hydrogens is 292 g/mol. The van der Waals surface area contributed by atoms with E-state index in [1.165, 1.54) is 57.8 Å². The molecule has 2 nitrogen and oxygen atoms in total. The van der Waals surface area contributed by atoms with E-state index in [9.17, 15) is 0 Å². The van der Waals surface area contributed by atoms with Crippen molar-refractivity contribution in [3.8, 4) is 0 Å². The Bertz CT molecular complexity index is 354. The highest BCUT2D eigenvalue weighted by Gasteiger charge is 2.31. The third-order valence-corrected chi connectivity index (χ3v) is 7.33. The van der Waals surface area contributed by atoms with Gasteiger partial charge in [0.05, 0.1) is 0 Å². The molecule has 0 amide bonds. The quantitative estimate of drug-likeness (QED) is 0.600. The van der Waals surface area contributed by atoms with Crippen LogP contribution in [0.15, 0.2) is 0 Å². The van der Waals surface area contributed by atoms with Crippen molar-refractivity contribution in [3.05, 3.63) is 0 Å². The molecule has 2 saturated carbocycles. The molecule has 0 aromatic rings. The molecule has 0 heterocycles. The zero-order valence-electron chi connectivity index (χ0n) is 17.4. The van der Waals surface area contributed by atoms with Crippen LogP contribution in [0.2, 0.25) is 0 Å². The highest BCUT2D eigenvalue weighted by atomic mass is 15.2. The van der Waals surface area contributed by atoms with Gasteiger partial charge in [-0.1, -0.05) is 20.3 Å². The molecule has 1 N–H and O–H groups in total. The van der Waals surface area contributed by atoms with Crippen molar-refractivity contribution < 1.29 is 0 Å². The second-order valence-corrected chi connectivity index (χ2v) is 9.39. The van der Waals surface area contributed by atoms with Gasteiger partial charge in [0.25, 0.3) is 0 Å². The minimum Gasteiger partial charge on any atom is -0.311 e. The molecule has 0 radical (unpaired) electrons. The molecule has 142 valence electrons. The van der Waals surface area contributed by atoms with Gasteiger partial charge >= 0.3 is 0 Å². The van der Waals surface area contributed by atoms with Crippen LogP contribution in [-0.4, -0.2) is 36.1 Å². The maximum atomic E-state index is 3.92. The highest BCUT2D eigenvalue weighted by molar-refractivity contribution is 4.86. The van der Waals surface area contributed by atoms with Crippen LogP contribution in [-0.2, 0) is 0 Å². The van der Waals surface area contributed by atoms with Crippen molar-refractivity contribution >= 4 is 0 Å². The van der Waals surface area contributed by atoms with E-state index < -0.39 is 0 Å². The molecule has 2 rings (SSSR count). The second-order valence-electron chi connectivity index (χ2n) is 9.39. The van der Waals surface area contributed by atoms with E-state index in [0.717, 1.165) is 29.8 Å². The first kappa shape index (κ1) is 20.2. The van der Waals surface area contributed by atoms with Gasteiger partial charge in [-0.2, -0.15) is 0 Å². The maximum Gasteiger partial charge on any atom is 0.00977 e. The number of nitrogens with one attached hydrogen (secondary N) is 1. The van der Waals surface area contributed by atoms with Crippen LogP contribution in [0.1, 0.15) is 92.4 Å². The molecule has 0 aromatic heterocycles. The first-order chi connectivity index (χ1) is 11.4. The Morgan fingerprint density at radius 3 is 2.33 bits per heavy atom. The molecule has 0 aromatic carbocycles. The monoisotopic (exact) mass is 336 g/mol. The summed E-state index contributed by atoms with van der Waals surface area (Å²) in [5.74, 6) is 2.84. The van der Waals surface area contributed by atoms with Crippen molar-refractivity contribution in [1.29, 1.82) is 0 Å². The van der Waals surface area contributed by atoms with Crippen molar-refractivity contribution in [2.24, 2.45) is 17.8 Å². The summed E-state index contributed by atoms with van der Waals surface area (Å²) in [5.41, 5.74) is 0. The second kappa shape index (κ2) is 9.57. The molecule has 0 aliphatic heterocycles. The molecule has 0 spiro atoms. The van der Waals surface area contributed by atoms with Crippen LogP contribution < -0.4 is 5.32 Å². The fourth-order valence-corrected chi connectivity index (χ4v) is 5.13. The van der Waals surface area contributed by atoms with Crippen molar-refractivity contribution in [3.63, 3.8) is 0 Å². The normalized spacial score (nSPS) is 33.5. The topological polar surface area (TPSA) is 15.3 Å². The van der Waals surface area contributed by atoms with Crippen LogP contribution in [0.25, 0.3) is 0 Å². The smallest absolute Gasteiger partial charge is 0.00977 e. The molecular formula is C22H44N2. The summed E-state index contributed by atoms with van der Waals surface area (Å²) in [4.78, 5) is 2.60. The number of nitrogens with zero attached hydrogens (tertiary/aromatic N) is 1. The Hall–Kier alpha value is -0.0800. The summed E-state index contributed by atoms with van der Waals surface area (Å²) in [7, 11) is 2.32. The molecule has 0 bridgehead atoms. The van der Waals surface area contributed by atoms with Gasteiger partial charge in [-0.05, 0) is 96.9 Å². The van der Waals surface area contributed by atoms with Gasteiger partial charge < -0.3 is 10.2 Å². The first-order valence-electron chi connectivity index (χ1n) is 10.9. The van der Waals surface area contributed by atoms with Gasteiger partial charge in [0.2, 0.25) is 0 Å². The van der Waals surface area contributed by atoms with E-state index in [1.54, 1.807) is 0 Å². The third-order valence-electron chi connectivity index (χ3n) is 7.33. The molecule has 24 heavy (non-hydrogen) atoms. The van der Waals surface area contributed by atoms with E-state index >= 15 is 0 Å². The molecule has 2 aliphatic carbocycles. The summed E-state index contributed by atoms with van der Waals surface area (Å²) in [5, 5.41) is 3.92. The zero-order valence-corrected chi connectivity index (χ0v) is 17.4. The fraction of sp³-hybridized carbons (Fsp3) is 1.00. The maximum absolute atomic E-state index is 3.92. The molecule has 6 unspecified atom stereocenters. The standard InChI is InChI=1S/C22H44N2/c1-7-19-10-12-21(14-19)23-18(5)9-8-17(4)20-11-13-22(15-20)24(6)16(2)3/h16-23H,7-15H2,1-6H3. The number of hydrogen-bond donors (Lipinski definition) is 1. The lowest BCUT2D eigenvalue weighted by molar-refractivity contribution is 0.187. The van der Waals surface area contributed by atoms with Gasteiger partial charge in [0, 0.05) is 24.2 Å². The lowest BCUT2D eigenvalue weighted by Gasteiger charge is -2.29. The van der Waals surface area contributed by atoms with E-state index in [0.29, 0.717) is 12.1 Å². The number of hydrogen-bond acceptors (Lipinski definition) is 2. The Kier molecular flexibility index (Phi) is 8.07. The minimum atomic E-state index is 0.687. The Labute approximate surface area is 152 Å². The highest BCUT2D eigenvalue weighted by Crippen LogP contribution is 2.36. The molecule has 6 atom stereocenters. The van der Waals surface area contributed by atoms with Gasteiger partial charge in [-0.25, -0.2) is 0 Å². The average molecular weight is 337 g/mol. The predicted molar refractivity (Wildman–Crippen MR) is 106 cm³/mol. The molecule has 2 heteroatoms. The predicted octanol–water partition coefficient (Wildman–Crippen LogP) is 5.47. The van der Waals surface area contributed by atoms with Crippen molar-refractivity contribution in [2.45, 2.75) is 117 Å². The fourth-order valence-electron chi connectivity index (χ4n) is 5.13. The van der Waals surface area contributed by atoms with Gasteiger partial charge in [-0.3, -0.25) is 0 Å². The summed E-state index contributed by atoms with van der Waals surface area (Å²) in [6.45, 7) is 11.9. The number of rotatable bonds is 9. The zero-order chi connectivity index (χ0) is 17.7. The van der Waals surface area contributed by atoms with Gasteiger partial charge in [-0.15, -0.1) is 0 Å². The lowest BCUT2D eigenvalue weighted by atomic mass is 9.87. The van der Waals surface area contributed by atoms with E-state index in [1.807, 2.05) is 0 Å². The van der Waals surface area contributed by atoms with Crippen LogP contribution in [0.4, 0.5) is 0 Å². The van der Waals surface area contributed by atoms with Gasteiger partial charge in [0.15, 0.2) is 0 Å². The Balaban J connectivity index is 1.65. The van der Waals surface area contributed by atoms with Crippen LogP contribution in [0, 0.1) is 17.8 Å². The Morgan fingerprint density at radius 1 is 0.958 bits per heavy atom. The average Bonchev–Trinajstić information content (AvgIpc) is 3.20.